The third-order valence-corrected chi connectivity index (χ3v) is 10.5. The molecule has 0 nitrogen and oxygen atoms in total. The fraction of sp³-hybridized carbons (Fsp3) is 0. The summed E-state index contributed by atoms with van der Waals surface area (Å²) >= 11 is 0. The van der Waals surface area contributed by atoms with Gasteiger partial charge in [-0.25, -0.2) is 0 Å². The molecule has 0 fully saturated rings. The van der Waals surface area contributed by atoms with E-state index in [1.807, 2.05) is 0 Å². The predicted octanol–water partition coefficient (Wildman–Crippen LogP) is 14.1. The Hall–Kier alpha value is -6.50. The smallest absolute Gasteiger partial charge is 0.00264 e. The third kappa shape index (κ3) is 4.54. The van der Waals surface area contributed by atoms with Crippen molar-refractivity contribution in [2.75, 3.05) is 0 Å². The molecule has 0 saturated carbocycles. The van der Waals surface area contributed by atoms with Gasteiger partial charge in [0.05, 0.1) is 0 Å². The lowest BCUT2D eigenvalue weighted by atomic mass is 9.85. The Labute approximate surface area is 291 Å². The van der Waals surface area contributed by atoms with E-state index < -0.39 is 0 Å². The highest BCUT2D eigenvalue weighted by atomic mass is 14.2. The van der Waals surface area contributed by atoms with Crippen LogP contribution in [0.15, 0.2) is 194 Å². The van der Waals surface area contributed by atoms with Gasteiger partial charge in [0.2, 0.25) is 0 Å². The minimum atomic E-state index is 1.21. The average molecular weight is 633 g/mol. The molecule has 0 atom stereocenters. The first kappa shape index (κ1) is 28.5. The highest BCUT2D eigenvalue weighted by Gasteiger charge is 2.16. The summed E-state index contributed by atoms with van der Waals surface area (Å²) in [5.74, 6) is 0. The lowest BCUT2D eigenvalue weighted by Crippen LogP contribution is -1.90. The van der Waals surface area contributed by atoms with Crippen molar-refractivity contribution in [1.82, 2.24) is 0 Å². The van der Waals surface area contributed by atoms with Crippen LogP contribution in [0.2, 0.25) is 0 Å². The topological polar surface area (TPSA) is 0 Å². The van der Waals surface area contributed by atoms with Crippen molar-refractivity contribution in [2.24, 2.45) is 0 Å². The Balaban J connectivity index is 1.03. The summed E-state index contributed by atoms with van der Waals surface area (Å²) in [6.07, 6.45) is 0. The second kappa shape index (κ2) is 11.6. The van der Waals surface area contributed by atoms with E-state index in [0.717, 1.165) is 0 Å². The molecule has 0 heterocycles. The summed E-state index contributed by atoms with van der Waals surface area (Å²) in [5.41, 5.74) is 9.94. The molecule has 0 saturated heterocycles. The van der Waals surface area contributed by atoms with Crippen LogP contribution in [0.4, 0.5) is 0 Å². The summed E-state index contributed by atoms with van der Waals surface area (Å²) in [7, 11) is 0. The summed E-state index contributed by atoms with van der Waals surface area (Å²) in [4.78, 5) is 0. The van der Waals surface area contributed by atoms with Gasteiger partial charge in [-0.05, 0) is 104 Å². The van der Waals surface area contributed by atoms with Gasteiger partial charge >= 0.3 is 0 Å². The number of benzene rings is 10. The van der Waals surface area contributed by atoms with Crippen LogP contribution in [0.5, 0.6) is 0 Å². The highest BCUT2D eigenvalue weighted by Crippen LogP contribution is 2.44. The van der Waals surface area contributed by atoms with E-state index in [9.17, 15) is 0 Å². The first-order valence-electron chi connectivity index (χ1n) is 17.4. The molecule has 0 amide bonds. The van der Waals surface area contributed by atoms with Gasteiger partial charge in [0.15, 0.2) is 0 Å². The molecule has 0 heteroatoms. The monoisotopic (exact) mass is 632 g/mol. The molecule has 0 aliphatic carbocycles. The van der Waals surface area contributed by atoms with Gasteiger partial charge < -0.3 is 0 Å². The minimum absolute atomic E-state index is 1.21. The van der Waals surface area contributed by atoms with Gasteiger partial charge in [-0.15, -0.1) is 0 Å². The first-order valence-corrected chi connectivity index (χ1v) is 17.4. The zero-order chi connectivity index (χ0) is 33.0. The van der Waals surface area contributed by atoms with Crippen molar-refractivity contribution >= 4 is 53.9 Å². The normalized spacial score (nSPS) is 11.6. The van der Waals surface area contributed by atoms with Crippen LogP contribution in [0.1, 0.15) is 0 Å². The van der Waals surface area contributed by atoms with Gasteiger partial charge in [0.25, 0.3) is 0 Å². The van der Waals surface area contributed by atoms with E-state index in [1.54, 1.807) is 0 Å². The van der Waals surface area contributed by atoms with Gasteiger partial charge in [-0.1, -0.05) is 188 Å². The molecule has 0 spiro atoms. The molecular weight excluding hydrogens is 601 g/mol. The van der Waals surface area contributed by atoms with E-state index in [-0.39, 0.29) is 0 Å². The number of hydrogen-bond acceptors (Lipinski definition) is 0. The van der Waals surface area contributed by atoms with Crippen molar-refractivity contribution in [1.29, 1.82) is 0 Å². The van der Waals surface area contributed by atoms with Crippen molar-refractivity contribution in [3.05, 3.63) is 194 Å². The fourth-order valence-electron chi connectivity index (χ4n) is 8.13. The van der Waals surface area contributed by atoms with Crippen LogP contribution in [-0.2, 0) is 0 Å². The molecule has 0 aliphatic heterocycles. The molecule has 10 aromatic carbocycles. The summed E-state index contributed by atoms with van der Waals surface area (Å²) in [5, 5.41) is 12.9. The van der Waals surface area contributed by atoms with Crippen LogP contribution in [-0.4, -0.2) is 0 Å². The second-order valence-electron chi connectivity index (χ2n) is 13.2. The van der Waals surface area contributed by atoms with Crippen molar-refractivity contribution in [3.63, 3.8) is 0 Å². The van der Waals surface area contributed by atoms with Crippen LogP contribution >= 0.6 is 0 Å². The molecule has 232 valence electrons. The van der Waals surface area contributed by atoms with Crippen LogP contribution in [0.3, 0.4) is 0 Å². The number of rotatable bonds is 4. The third-order valence-electron chi connectivity index (χ3n) is 10.5. The Morgan fingerprint density at radius 3 is 0.880 bits per heavy atom. The molecule has 10 rings (SSSR count). The molecular formula is C50H32. The standard InChI is InChI=1S/C50H32/c1-2-12-36(13-3-1)49-44-18-8-10-20-46(44)50(47-21-11-9-19-45(47)49)37-28-26-34(27-29-37)33-22-24-35(25-23-33)38-30-31-43-41-16-5-4-14-39(41)40-15-6-7-17-42(40)48(43)32-38/h1-32H. The lowest BCUT2D eigenvalue weighted by molar-refractivity contribution is 1.60. The van der Waals surface area contributed by atoms with Crippen molar-refractivity contribution < 1.29 is 0 Å². The van der Waals surface area contributed by atoms with Crippen molar-refractivity contribution in [2.45, 2.75) is 0 Å². The summed E-state index contributed by atoms with van der Waals surface area (Å²) < 4.78 is 0. The number of hydrogen-bond donors (Lipinski definition) is 0. The Morgan fingerprint density at radius 1 is 0.160 bits per heavy atom. The van der Waals surface area contributed by atoms with E-state index in [2.05, 4.69) is 194 Å². The quantitative estimate of drug-likeness (QED) is 0.134. The fourth-order valence-corrected chi connectivity index (χ4v) is 8.13. The Bertz CT molecular complexity index is 2790. The maximum atomic E-state index is 2.37. The molecule has 50 heavy (non-hydrogen) atoms. The zero-order valence-electron chi connectivity index (χ0n) is 27.5. The molecule has 0 radical (unpaired) electrons. The van der Waals surface area contributed by atoms with E-state index in [1.165, 1.54) is 98.4 Å². The van der Waals surface area contributed by atoms with Gasteiger partial charge in [-0.2, -0.15) is 0 Å². The SMILES string of the molecule is c1ccc(-c2c3ccccc3c(-c3ccc(-c4ccc(-c5ccc6c7ccccc7c7ccccc7c6c5)cc4)cc3)c3ccccc23)cc1. The maximum Gasteiger partial charge on any atom is -0.00264 e. The zero-order valence-corrected chi connectivity index (χ0v) is 27.5. The second-order valence-corrected chi connectivity index (χ2v) is 13.2. The van der Waals surface area contributed by atoms with E-state index in [4.69, 9.17) is 0 Å². The van der Waals surface area contributed by atoms with Crippen molar-refractivity contribution in [3.8, 4) is 44.5 Å². The molecule has 0 aliphatic rings. The predicted molar refractivity (Wildman–Crippen MR) is 216 cm³/mol. The van der Waals surface area contributed by atoms with E-state index >= 15 is 0 Å². The summed E-state index contributed by atoms with van der Waals surface area (Å²) in [6, 6.07) is 71.1. The Morgan fingerprint density at radius 2 is 0.440 bits per heavy atom. The molecule has 0 bridgehead atoms. The minimum Gasteiger partial charge on any atom is -0.0622 e. The highest BCUT2D eigenvalue weighted by molar-refractivity contribution is 6.26. The molecule has 0 aromatic heterocycles. The molecule has 0 unspecified atom stereocenters. The largest absolute Gasteiger partial charge is 0.0622 e. The van der Waals surface area contributed by atoms with Gasteiger partial charge in [-0.3, -0.25) is 0 Å². The van der Waals surface area contributed by atoms with Crippen LogP contribution in [0, 0.1) is 0 Å². The Kier molecular flexibility index (Phi) is 6.60. The molecule has 10 aromatic rings. The first-order chi connectivity index (χ1) is 24.8. The lowest BCUT2D eigenvalue weighted by Gasteiger charge is -2.18. The maximum absolute atomic E-state index is 2.37. The van der Waals surface area contributed by atoms with Gasteiger partial charge in [0, 0.05) is 0 Å². The van der Waals surface area contributed by atoms with Crippen LogP contribution in [0.25, 0.3) is 98.4 Å². The van der Waals surface area contributed by atoms with Gasteiger partial charge in [0.1, 0.15) is 0 Å². The average Bonchev–Trinajstić information content (AvgIpc) is 3.20. The number of fused-ring (bicyclic) bond motifs is 8. The van der Waals surface area contributed by atoms with Crippen LogP contribution < -0.4 is 0 Å². The van der Waals surface area contributed by atoms with E-state index in [0.29, 0.717) is 0 Å². The summed E-state index contributed by atoms with van der Waals surface area (Å²) in [6.45, 7) is 0. The molecule has 0 N–H and O–H groups in total.